The zero-order valence-electron chi connectivity index (χ0n) is 39.8. The van der Waals surface area contributed by atoms with Gasteiger partial charge in [-0.1, -0.05) is 199 Å². The van der Waals surface area contributed by atoms with Crippen molar-refractivity contribution in [3.05, 3.63) is 233 Å². The van der Waals surface area contributed by atoms with Crippen LogP contribution in [-0.4, -0.2) is 0 Å². The van der Waals surface area contributed by atoms with Crippen molar-refractivity contribution in [3.63, 3.8) is 0 Å². The number of benzene rings is 10. The van der Waals surface area contributed by atoms with Crippen LogP contribution >= 0.6 is 0 Å². The van der Waals surface area contributed by atoms with E-state index in [2.05, 4.69) is 247 Å². The summed E-state index contributed by atoms with van der Waals surface area (Å²) in [6.07, 6.45) is 0. The summed E-state index contributed by atoms with van der Waals surface area (Å²) in [5.74, 6) is 0. The largest absolute Gasteiger partial charge is 0.454 e. The SMILES string of the molecule is Cc1cc2ccccc2c2c1oc1c(N(c3ccc(-c4cccc5ccccc45)cc3)c3ccc4c(c3)C3(c5ccccc5-4)c4cc(C(C)(C)C)ccc4-c4ccc(C(C)(C)C)cc43)cccc12. The van der Waals surface area contributed by atoms with Gasteiger partial charge in [-0.05, 0) is 148 Å². The fraction of sp³-hybridized carbons (Fsp3) is 0.152. The number of hydrogen-bond donors (Lipinski definition) is 0. The second-order valence-electron chi connectivity index (χ2n) is 21.3. The Labute approximate surface area is 399 Å². The number of anilines is 3. The third-order valence-electron chi connectivity index (χ3n) is 15.3. The molecule has 1 aromatic heterocycles. The van der Waals surface area contributed by atoms with E-state index in [0.29, 0.717) is 0 Å². The van der Waals surface area contributed by atoms with Crippen LogP contribution in [0.5, 0.6) is 0 Å². The van der Waals surface area contributed by atoms with E-state index in [1.54, 1.807) is 0 Å². The van der Waals surface area contributed by atoms with Gasteiger partial charge in [0, 0.05) is 22.1 Å². The van der Waals surface area contributed by atoms with Gasteiger partial charge in [0.15, 0.2) is 5.58 Å². The maximum Gasteiger partial charge on any atom is 0.159 e. The second kappa shape index (κ2) is 14.4. The van der Waals surface area contributed by atoms with Crippen molar-refractivity contribution in [1.29, 1.82) is 0 Å². The van der Waals surface area contributed by atoms with Gasteiger partial charge in [-0.2, -0.15) is 0 Å². The van der Waals surface area contributed by atoms with Gasteiger partial charge in [-0.25, -0.2) is 0 Å². The van der Waals surface area contributed by atoms with E-state index in [1.165, 1.54) is 88.3 Å². The van der Waals surface area contributed by atoms with Crippen LogP contribution in [0.2, 0.25) is 0 Å². The van der Waals surface area contributed by atoms with Crippen LogP contribution in [-0.2, 0) is 16.2 Å². The van der Waals surface area contributed by atoms with Gasteiger partial charge in [-0.3, -0.25) is 0 Å². The molecule has 0 N–H and O–H groups in total. The molecular formula is C66H53NO. The summed E-state index contributed by atoms with van der Waals surface area (Å²) in [4.78, 5) is 2.44. The number of para-hydroxylation sites is 1. The molecule has 1 spiro atoms. The van der Waals surface area contributed by atoms with Gasteiger partial charge in [0.2, 0.25) is 0 Å². The van der Waals surface area contributed by atoms with Crippen molar-refractivity contribution in [3.8, 4) is 33.4 Å². The van der Waals surface area contributed by atoms with Gasteiger partial charge in [0.25, 0.3) is 0 Å². The van der Waals surface area contributed by atoms with E-state index in [9.17, 15) is 0 Å². The van der Waals surface area contributed by atoms with Gasteiger partial charge in [0.1, 0.15) is 5.58 Å². The molecule has 0 saturated carbocycles. The van der Waals surface area contributed by atoms with E-state index >= 15 is 0 Å². The predicted molar refractivity (Wildman–Crippen MR) is 287 cm³/mol. The first-order chi connectivity index (χ1) is 32.9. The Kier molecular flexibility index (Phi) is 8.60. The van der Waals surface area contributed by atoms with Gasteiger partial charge >= 0.3 is 0 Å². The van der Waals surface area contributed by atoms with Gasteiger partial charge in [-0.15, -0.1) is 0 Å². The van der Waals surface area contributed by atoms with E-state index in [1.807, 2.05) is 0 Å². The molecule has 0 fully saturated rings. The number of rotatable bonds is 4. The molecule has 0 bridgehead atoms. The lowest BCUT2D eigenvalue weighted by atomic mass is 9.68. The van der Waals surface area contributed by atoms with Crippen molar-refractivity contribution in [1.82, 2.24) is 0 Å². The number of aryl methyl sites for hydroxylation is 1. The Balaban J connectivity index is 1.10. The quantitative estimate of drug-likeness (QED) is 0.175. The van der Waals surface area contributed by atoms with E-state index in [-0.39, 0.29) is 10.8 Å². The zero-order chi connectivity index (χ0) is 46.3. The monoisotopic (exact) mass is 875 g/mol. The van der Waals surface area contributed by atoms with Crippen LogP contribution in [0.25, 0.3) is 76.9 Å². The lowest BCUT2D eigenvalue weighted by Gasteiger charge is -2.34. The summed E-state index contributed by atoms with van der Waals surface area (Å²) in [6, 6.07) is 73.1. The van der Waals surface area contributed by atoms with E-state index < -0.39 is 5.41 Å². The molecule has 68 heavy (non-hydrogen) atoms. The van der Waals surface area contributed by atoms with Crippen LogP contribution in [0.1, 0.15) is 80.5 Å². The van der Waals surface area contributed by atoms with Gasteiger partial charge in [0.05, 0.1) is 11.1 Å². The first-order valence-corrected chi connectivity index (χ1v) is 24.2. The molecule has 2 aliphatic rings. The Morgan fingerprint density at radius 1 is 0.397 bits per heavy atom. The van der Waals surface area contributed by atoms with Crippen LogP contribution < -0.4 is 4.90 Å². The highest BCUT2D eigenvalue weighted by molar-refractivity contribution is 6.22. The molecule has 0 aliphatic heterocycles. The maximum atomic E-state index is 7.17. The molecule has 0 unspecified atom stereocenters. The third kappa shape index (κ3) is 5.76. The molecule has 328 valence electrons. The van der Waals surface area contributed by atoms with E-state index in [0.717, 1.165) is 44.6 Å². The molecule has 0 amide bonds. The van der Waals surface area contributed by atoms with Crippen molar-refractivity contribution in [2.75, 3.05) is 4.90 Å². The van der Waals surface area contributed by atoms with Gasteiger partial charge < -0.3 is 9.32 Å². The number of nitrogens with zero attached hydrogens (tertiary/aromatic N) is 1. The molecule has 10 aromatic carbocycles. The average molecular weight is 876 g/mol. The molecule has 0 saturated heterocycles. The van der Waals surface area contributed by atoms with Crippen molar-refractivity contribution in [2.24, 2.45) is 0 Å². The highest BCUT2D eigenvalue weighted by Gasteiger charge is 2.52. The standard InChI is InChI=1S/C66H53NO/c1-40-36-43-17-9-11-20-50(43)61-55-23-15-25-60(63(55)68-62(40)61)67(46-30-26-42(27-31-46)49-22-14-18-41-16-8-10-19-48(41)49)47-32-35-54-51-21-12-13-24-56(51)66(59(54)39-47)57-37-44(64(2,3)4)28-33-52(57)53-34-29-45(38-58(53)66)65(5,6)7/h8-39H,1-7H3. The molecule has 2 aliphatic carbocycles. The smallest absolute Gasteiger partial charge is 0.159 e. The lowest BCUT2D eigenvalue weighted by Crippen LogP contribution is -2.27. The van der Waals surface area contributed by atoms with Crippen molar-refractivity contribution in [2.45, 2.75) is 64.7 Å². The first-order valence-electron chi connectivity index (χ1n) is 24.2. The fourth-order valence-electron chi connectivity index (χ4n) is 11.9. The zero-order valence-corrected chi connectivity index (χ0v) is 39.8. The Bertz CT molecular complexity index is 3820. The topological polar surface area (TPSA) is 16.4 Å². The summed E-state index contributed by atoms with van der Waals surface area (Å²) in [5.41, 5.74) is 21.2. The fourth-order valence-corrected chi connectivity index (χ4v) is 11.9. The first kappa shape index (κ1) is 40.6. The minimum Gasteiger partial charge on any atom is -0.454 e. The summed E-state index contributed by atoms with van der Waals surface area (Å²) in [7, 11) is 0. The highest BCUT2D eigenvalue weighted by Crippen LogP contribution is 2.64. The minimum atomic E-state index is -0.541. The molecule has 2 heteroatoms. The Morgan fingerprint density at radius 3 is 1.63 bits per heavy atom. The summed E-state index contributed by atoms with van der Waals surface area (Å²) in [5, 5.41) is 7.19. The molecule has 2 nitrogen and oxygen atoms in total. The van der Waals surface area contributed by atoms with E-state index in [4.69, 9.17) is 4.42 Å². The molecule has 0 radical (unpaired) electrons. The number of fused-ring (bicyclic) bond motifs is 16. The number of furan rings is 1. The molecule has 0 atom stereocenters. The highest BCUT2D eigenvalue weighted by atomic mass is 16.3. The van der Waals surface area contributed by atoms with Crippen molar-refractivity contribution < 1.29 is 4.42 Å². The lowest BCUT2D eigenvalue weighted by molar-refractivity contribution is 0.586. The van der Waals surface area contributed by atoms with Crippen LogP contribution in [0.4, 0.5) is 17.1 Å². The molecular weight excluding hydrogens is 823 g/mol. The number of hydrogen-bond acceptors (Lipinski definition) is 2. The second-order valence-corrected chi connectivity index (χ2v) is 21.3. The van der Waals surface area contributed by atoms with Crippen LogP contribution in [0, 0.1) is 6.92 Å². The summed E-state index contributed by atoms with van der Waals surface area (Å²) < 4.78 is 7.17. The third-order valence-corrected chi connectivity index (χ3v) is 15.3. The molecule has 11 aromatic rings. The minimum absolute atomic E-state index is 0.0334. The summed E-state index contributed by atoms with van der Waals surface area (Å²) >= 11 is 0. The Hall–Kier alpha value is -7.68. The molecule has 1 heterocycles. The summed E-state index contributed by atoms with van der Waals surface area (Å²) in [6.45, 7) is 16.2. The average Bonchev–Trinajstić information content (AvgIpc) is 3.99. The maximum absolute atomic E-state index is 7.17. The van der Waals surface area contributed by atoms with Crippen molar-refractivity contribution >= 4 is 60.5 Å². The predicted octanol–water partition coefficient (Wildman–Crippen LogP) is 18.3. The Morgan fingerprint density at radius 2 is 0.926 bits per heavy atom. The molecule has 13 rings (SSSR count). The van der Waals surface area contributed by atoms with Crippen LogP contribution in [0.15, 0.2) is 199 Å². The normalized spacial score (nSPS) is 13.6. The van der Waals surface area contributed by atoms with Crippen LogP contribution in [0.3, 0.4) is 0 Å².